The van der Waals surface area contributed by atoms with Gasteiger partial charge in [-0.3, -0.25) is 10.2 Å². The molecule has 3 rings (SSSR count). The number of ether oxygens (including phenoxy) is 1. The Balaban J connectivity index is 1.74. The third-order valence-corrected chi connectivity index (χ3v) is 5.17. The van der Waals surface area contributed by atoms with E-state index in [1.165, 1.54) is 6.08 Å². The van der Waals surface area contributed by atoms with Gasteiger partial charge in [-0.05, 0) is 73.9 Å². The van der Waals surface area contributed by atoms with Gasteiger partial charge in [0.25, 0.3) is 5.91 Å². The van der Waals surface area contributed by atoms with Crippen molar-refractivity contribution < 1.29 is 14.3 Å². The van der Waals surface area contributed by atoms with Gasteiger partial charge in [-0.1, -0.05) is 11.8 Å². The summed E-state index contributed by atoms with van der Waals surface area (Å²) in [5.74, 6) is 5.70. The summed E-state index contributed by atoms with van der Waals surface area (Å²) in [4.78, 5) is 26.6. The molecule has 1 aliphatic rings. The topological polar surface area (TPSA) is 109 Å². The van der Waals surface area contributed by atoms with Crippen LogP contribution < -0.4 is 11.1 Å². The highest BCUT2D eigenvalue weighted by Gasteiger charge is 2.21. The van der Waals surface area contributed by atoms with Gasteiger partial charge in [0.15, 0.2) is 0 Å². The summed E-state index contributed by atoms with van der Waals surface area (Å²) in [6.45, 7) is 3.96. The molecule has 0 atom stereocenters. The van der Waals surface area contributed by atoms with Gasteiger partial charge in [0.05, 0.1) is 13.2 Å². The molecule has 1 fully saturated rings. The van der Waals surface area contributed by atoms with E-state index >= 15 is 0 Å². The van der Waals surface area contributed by atoms with Crippen LogP contribution in [0.1, 0.15) is 46.8 Å². The lowest BCUT2D eigenvalue weighted by Gasteiger charge is -2.17. The van der Waals surface area contributed by atoms with Crippen molar-refractivity contribution in [2.24, 2.45) is 5.73 Å². The number of carbonyl (C=O) groups excluding carboxylic acids is 2. The number of nitrogens with zero attached hydrogens (tertiary/aromatic N) is 1. The molecule has 0 aliphatic carbocycles. The zero-order valence-electron chi connectivity index (χ0n) is 18.7. The van der Waals surface area contributed by atoms with Gasteiger partial charge in [0.1, 0.15) is 5.84 Å². The summed E-state index contributed by atoms with van der Waals surface area (Å²) in [7, 11) is 0. The molecule has 1 heterocycles. The van der Waals surface area contributed by atoms with Crippen LogP contribution in [0.15, 0.2) is 48.5 Å². The van der Waals surface area contributed by atoms with Crippen LogP contribution in [0.4, 0.5) is 5.69 Å². The minimum atomic E-state index is -0.450. The molecule has 2 aromatic rings. The Kier molecular flexibility index (Phi) is 8.25. The molecule has 0 aromatic heterocycles. The second-order valence-electron chi connectivity index (χ2n) is 7.53. The number of anilines is 1. The summed E-state index contributed by atoms with van der Waals surface area (Å²) in [5.41, 5.74) is 8.93. The molecule has 0 spiro atoms. The number of nitrogen functional groups attached to an aromatic ring is 1. The number of rotatable bonds is 7. The quantitative estimate of drug-likeness (QED) is 0.200. The Morgan fingerprint density at radius 1 is 1.18 bits per heavy atom. The fraction of sp³-hybridized carbons (Fsp3) is 0.269. The van der Waals surface area contributed by atoms with Crippen LogP contribution in [0.5, 0.6) is 0 Å². The minimum Gasteiger partial charge on any atom is -0.463 e. The molecule has 1 aliphatic heterocycles. The van der Waals surface area contributed by atoms with E-state index in [1.54, 1.807) is 31.2 Å². The Bertz CT molecular complexity index is 1100. The van der Waals surface area contributed by atoms with Gasteiger partial charge < -0.3 is 20.7 Å². The van der Waals surface area contributed by atoms with Crippen molar-refractivity contribution in [3.63, 3.8) is 0 Å². The van der Waals surface area contributed by atoms with Crippen molar-refractivity contribution in [3.8, 4) is 11.8 Å². The standard InChI is InChI=1S/C26H28N4O3/c1-2-33-24(31)14-10-21-18-19(7-13-23(21)26(32)30-16-3-4-17-30)6-5-15-29-22-11-8-20(9-12-22)25(27)28/h7-14,18,29H,2-4,15-17H2,1H3,(H3,27,28). The van der Waals surface area contributed by atoms with Crippen molar-refractivity contribution in [2.75, 3.05) is 31.6 Å². The largest absolute Gasteiger partial charge is 0.463 e. The smallest absolute Gasteiger partial charge is 0.330 e. The molecule has 170 valence electrons. The Morgan fingerprint density at radius 3 is 2.58 bits per heavy atom. The van der Waals surface area contributed by atoms with E-state index in [-0.39, 0.29) is 11.7 Å². The van der Waals surface area contributed by atoms with Gasteiger partial charge in [0, 0.05) is 41.5 Å². The van der Waals surface area contributed by atoms with Gasteiger partial charge >= 0.3 is 5.97 Å². The molecule has 1 amide bonds. The molecule has 33 heavy (non-hydrogen) atoms. The maximum atomic E-state index is 12.9. The number of nitrogens with one attached hydrogen (secondary N) is 2. The number of nitrogens with two attached hydrogens (primary N) is 1. The fourth-order valence-electron chi connectivity index (χ4n) is 3.47. The second-order valence-corrected chi connectivity index (χ2v) is 7.53. The first-order valence-electron chi connectivity index (χ1n) is 10.9. The van der Waals surface area contributed by atoms with E-state index < -0.39 is 5.97 Å². The maximum Gasteiger partial charge on any atom is 0.330 e. The first-order chi connectivity index (χ1) is 16.0. The monoisotopic (exact) mass is 444 g/mol. The molecule has 0 radical (unpaired) electrons. The van der Waals surface area contributed by atoms with Crippen LogP contribution in [0.25, 0.3) is 6.08 Å². The van der Waals surface area contributed by atoms with Crippen molar-refractivity contribution in [3.05, 3.63) is 70.8 Å². The molecule has 4 N–H and O–H groups in total. The first-order valence-corrected chi connectivity index (χ1v) is 10.9. The number of hydrogen-bond acceptors (Lipinski definition) is 5. The highest BCUT2D eigenvalue weighted by Crippen LogP contribution is 2.19. The highest BCUT2D eigenvalue weighted by atomic mass is 16.5. The minimum absolute atomic E-state index is 0.0285. The third-order valence-electron chi connectivity index (χ3n) is 5.17. The summed E-state index contributed by atoms with van der Waals surface area (Å²) >= 11 is 0. The van der Waals surface area contributed by atoms with Crippen LogP contribution in [-0.4, -0.2) is 48.9 Å². The molecular formula is C26H28N4O3. The molecule has 0 bridgehead atoms. The Labute approximate surface area is 194 Å². The number of hydrogen-bond donors (Lipinski definition) is 3. The van der Waals surface area contributed by atoms with E-state index in [9.17, 15) is 9.59 Å². The normalized spacial score (nSPS) is 12.8. The van der Waals surface area contributed by atoms with E-state index in [4.69, 9.17) is 15.9 Å². The molecule has 1 saturated heterocycles. The zero-order valence-corrected chi connectivity index (χ0v) is 18.7. The van der Waals surface area contributed by atoms with Gasteiger partial charge in [-0.2, -0.15) is 0 Å². The highest BCUT2D eigenvalue weighted by molar-refractivity contribution is 5.99. The number of benzene rings is 2. The number of likely N-dealkylation sites (tertiary alicyclic amines) is 1. The summed E-state index contributed by atoms with van der Waals surface area (Å²) < 4.78 is 4.96. The third kappa shape index (κ3) is 6.71. The van der Waals surface area contributed by atoms with Crippen LogP contribution in [0.3, 0.4) is 0 Å². The van der Waals surface area contributed by atoms with Gasteiger partial charge in [0.2, 0.25) is 0 Å². The van der Waals surface area contributed by atoms with Crippen molar-refractivity contribution in [2.45, 2.75) is 19.8 Å². The number of carbonyl (C=O) groups is 2. The SMILES string of the molecule is CCOC(=O)C=Cc1cc(C#CCNc2ccc(C(=N)N)cc2)ccc1C(=O)N1CCCC1. The second kappa shape index (κ2) is 11.5. The Hall–Kier alpha value is -4.05. The predicted molar refractivity (Wildman–Crippen MR) is 130 cm³/mol. The molecule has 0 unspecified atom stereocenters. The maximum absolute atomic E-state index is 12.9. The van der Waals surface area contributed by atoms with Crippen LogP contribution in [0, 0.1) is 17.3 Å². The van der Waals surface area contributed by atoms with Crippen LogP contribution in [-0.2, 0) is 9.53 Å². The predicted octanol–water partition coefficient (Wildman–Crippen LogP) is 3.25. The zero-order chi connectivity index (χ0) is 23.6. The lowest BCUT2D eigenvalue weighted by atomic mass is 10.0. The fourth-order valence-corrected chi connectivity index (χ4v) is 3.47. The van der Waals surface area contributed by atoms with E-state index in [2.05, 4.69) is 17.2 Å². The number of amidine groups is 1. The lowest BCUT2D eigenvalue weighted by molar-refractivity contribution is -0.137. The summed E-state index contributed by atoms with van der Waals surface area (Å²) in [5, 5.41) is 10.6. The van der Waals surface area contributed by atoms with Crippen LogP contribution >= 0.6 is 0 Å². The van der Waals surface area contributed by atoms with E-state index in [1.807, 2.05) is 29.2 Å². The summed E-state index contributed by atoms with van der Waals surface area (Å²) in [6, 6.07) is 12.6. The molecule has 0 saturated carbocycles. The Morgan fingerprint density at radius 2 is 1.91 bits per heavy atom. The van der Waals surface area contributed by atoms with Crippen molar-refractivity contribution in [1.29, 1.82) is 5.41 Å². The van der Waals surface area contributed by atoms with Crippen LogP contribution in [0.2, 0.25) is 0 Å². The number of esters is 1. The van der Waals surface area contributed by atoms with E-state index in [0.29, 0.717) is 29.8 Å². The average molecular weight is 445 g/mol. The molecular weight excluding hydrogens is 416 g/mol. The molecule has 2 aromatic carbocycles. The molecule has 7 heteroatoms. The first kappa shape index (κ1) is 23.6. The number of amides is 1. The van der Waals surface area contributed by atoms with E-state index in [0.717, 1.165) is 37.2 Å². The average Bonchev–Trinajstić information content (AvgIpc) is 3.36. The van der Waals surface area contributed by atoms with Crippen molar-refractivity contribution >= 4 is 29.5 Å². The lowest BCUT2D eigenvalue weighted by Crippen LogP contribution is -2.28. The van der Waals surface area contributed by atoms with Gasteiger partial charge in [-0.15, -0.1) is 0 Å². The summed E-state index contributed by atoms with van der Waals surface area (Å²) in [6.07, 6.45) is 4.96. The van der Waals surface area contributed by atoms with Crippen molar-refractivity contribution in [1.82, 2.24) is 4.90 Å². The van der Waals surface area contributed by atoms with Gasteiger partial charge in [-0.25, -0.2) is 4.79 Å². The molecule has 7 nitrogen and oxygen atoms in total.